The van der Waals surface area contributed by atoms with E-state index in [1.807, 2.05) is 32.3 Å². The van der Waals surface area contributed by atoms with Crippen LogP contribution in [0.3, 0.4) is 0 Å². The van der Waals surface area contributed by atoms with Gasteiger partial charge in [0, 0.05) is 30.6 Å². The first-order valence-electron chi connectivity index (χ1n) is 9.70. The van der Waals surface area contributed by atoms with E-state index >= 15 is 0 Å². The van der Waals surface area contributed by atoms with E-state index in [1.54, 1.807) is 0 Å². The predicted octanol–water partition coefficient (Wildman–Crippen LogP) is 3.23. The molecule has 1 aliphatic rings. The summed E-state index contributed by atoms with van der Waals surface area (Å²) < 4.78 is 0. The van der Waals surface area contributed by atoms with Crippen LogP contribution in [0.4, 0.5) is 5.69 Å². The molecule has 1 aliphatic carbocycles. The SMILES string of the molecule is CC(C)c1ccccc1NC(=O)C1CCC(C(=O)NCCN(C)C)CC1. The molecule has 0 radical (unpaired) electrons. The lowest BCUT2D eigenvalue weighted by molar-refractivity contribution is -0.128. The molecule has 0 unspecified atom stereocenters. The quantitative estimate of drug-likeness (QED) is 0.786. The molecule has 1 aromatic carbocycles. The van der Waals surface area contributed by atoms with Crippen LogP contribution in [0.5, 0.6) is 0 Å². The minimum atomic E-state index is 0.000966. The van der Waals surface area contributed by atoms with Crippen LogP contribution in [0.15, 0.2) is 24.3 Å². The molecular formula is C21H33N3O2. The molecule has 1 aromatic rings. The summed E-state index contributed by atoms with van der Waals surface area (Å²) >= 11 is 0. The zero-order valence-electron chi connectivity index (χ0n) is 16.5. The van der Waals surface area contributed by atoms with Crippen LogP contribution in [-0.4, -0.2) is 43.9 Å². The molecule has 2 N–H and O–H groups in total. The van der Waals surface area contributed by atoms with Crippen molar-refractivity contribution in [1.82, 2.24) is 10.2 Å². The van der Waals surface area contributed by atoms with Crippen molar-refractivity contribution in [3.05, 3.63) is 29.8 Å². The number of hydrogen-bond acceptors (Lipinski definition) is 3. The summed E-state index contributed by atoms with van der Waals surface area (Å²) in [5, 5.41) is 6.11. The highest BCUT2D eigenvalue weighted by Crippen LogP contribution is 2.31. The van der Waals surface area contributed by atoms with Crippen molar-refractivity contribution in [2.45, 2.75) is 45.4 Å². The molecule has 0 atom stereocenters. The Hall–Kier alpha value is -1.88. The molecule has 0 heterocycles. The Kier molecular flexibility index (Phi) is 7.64. The van der Waals surface area contributed by atoms with Crippen LogP contribution in [-0.2, 0) is 9.59 Å². The van der Waals surface area contributed by atoms with Crippen molar-refractivity contribution in [1.29, 1.82) is 0 Å². The third-order valence-electron chi connectivity index (χ3n) is 5.17. The van der Waals surface area contributed by atoms with Gasteiger partial charge >= 0.3 is 0 Å². The standard InChI is InChI=1S/C21H33N3O2/c1-15(2)18-7-5-6-8-19(18)23-21(26)17-11-9-16(10-12-17)20(25)22-13-14-24(3)4/h5-8,15-17H,9-14H2,1-4H3,(H,22,25)(H,23,26). The number of para-hydroxylation sites is 1. The Labute approximate surface area is 157 Å². The Balaban J connectivity index is 1.82. The lowest BCUT2D eigenvalue weighted by Gasteiger charge is -2.27. The maximum Gasteiger partial charge on any atom is 0.227 e. The third-order valence-corrected chi connectivity index (χ3v) is 5.17. The van der Waals surface area contributed by atoms with Crippen LogP contribution < -0.4 is 10.6 Å². The van der Waals surface area contributed by atoms with Crippen molar-refractivity contribution in [2.24, 2.45) is 11.8 Å². The van der Waals surface area contributed by atoms with Gasteiger partial charge in [0.1, 0.15) is 0 Å². The fourth-order valence-corrected chi connectivity index (χ4v) is 3.51. The van der Waals surface area contributed by atoms with Gasteiger partial charge in [0.05, 0.1) is 0 Å². The van der Waals surface area contributed by atoms with Crippen LogP contribution in [0.25, 0.3) is 0 Å². The van der Waals surface area contributed by atoms with Gasteiger partial charge in [0.15, 0.2) is 0 Å². The highest BCUT2D eigenvalue weighted by Gasteiger charge is 2.30. The minimum Gasteiger partial charge on any atom is -0.355 e. The number of carbonyl (C=O) groups excluding carboxylic acids is 2. The number of anilines is 1. The lowest BCUT2D eigenvalue weighted by atomic mass is 9.81. The molecule has 0 aliphatic heterocycles. The molecule has 26 heavy (non-hydrogen) atoms. The van der Waals surface area contributed by atoms with Crippen LogP contribution in [0.2, 0.25) is 0 Å². The summed E-state index contributed by atoms with van der Waals surface area (Å²) in [5.74, 6) is 0.638. The number of carbonyl (C=O) groups is 2. The number of nitrogens with zero attached hydrogens (tertiary/aromatic N) is 1. The molecule has 0 aromatic heterocycles. The molecule has 0 saturated heterocycles. The molecule has 0 bridgehead atoms. The number of nitrogens with one attached hydrogen (secondary N) is 2. The molecule has 5 heteroatoms. The Bertz CT molecular complexity index is 605. The summed E-state index contributed by atoms with van der Waals surface area (Å²) in [6.45, 7) is 5.78. The van der Waals surface area contributed by atoms with E-state index in [9.17, 15) is 9.59 Å². The second-order valence-corrected chi connectivity index (χ2v) is 7.87. The average molecular weight is 360 g/mol. The van der Waals surface area contributed by atoms with Crippen molar-refractivity contribution in [3.63, 3.8) is 0 Å². The van der Waals surface area contributed by atoms with Crippen molar-refractivity contribution >= 4 is 17.5 Å². The van der Waals surface area contributed by atoms with Gasteiger partial charge in [0.25, 0.3) is 0 Å². The van der Waals surface area contributed by atoms with E-state index in [1.165, 1.54) is 0 Å². The van der Waals surface area contributed by atoms with Gasteiger partial charge in [-0.2, -0.15) is 0 Å². The van der Waals surface area contributed by atoms with E-state index in [0.717, 1.165) is 43.5 Å². The van der Waals surface area contributed by atoms with Gasteiger partial charge < -0.3 is 15.5 Å². The zero-order chi connectivity index (χ0) is 19.1. The lowest BCUT2D eigenvalue weighted by Crippen LogP contribution is -2.38. The fourth-order valence-electron chi connectivity index (χ4n) is 3.51. The van der Waals surface area contributed by atoms with Crippen LogP contribution in [0.1, 0.15) is 51.0 Å². The minimum absolute atomic E-state index is 0.000966. The first-order chi connectivity index (χ1) is 12.4. The van der Waals surface area contributed by atoms with Gasteiger partial charge in [-0.25, -0.2) is 0 Å². The first kappa shape index (κ1) is 20.4. The van der Waals surface area contributed by atoms with Crippen LogP contribution in [0, 0.1) is 11.8 Å². The summed E-state index contributed by atoms with van der Waals surface area (Å²) in [7, 11) is 3.99. The highest BCUT2D eigenvalue weighted by molar-refractivity contribution is 5.93. The van der Waals surface area contributed by atoms with Gasteiger partial charge in [-0.3, -0.25) is 9.59 Å². The maximum absolute atomic E-state index is 12.6. The molecule has 1 saturated carbocycles. The number of benzene rings is 1. The predicted molar refractivity (Wildman–Crippen MR) is 106 cm³/mol. The molecule has 1 fully saturated rings. The normalized spacial score (nSPS) is 20.2. The van der Waals surface area contributed by atoms with E-state index < -0.39 is 0 Å². The Morgan fingerprint density at radius 3 is 2.19 bits per heavy atom. The van der Waals surface area contributed by atoms with Gasteiger partial charge in [0.2, 0.25) is 11.8 Å². The van der Waals surface area contributed by atoms with Gasteiger partial charge in [-0.15, -0.1) is 0 Å². The van der Waals surface area contributed by atoms with Crippen molar-refractivity contribution < 1.29 is 9.59 Å². The smallest absolute Gasteiger partial charge is 0.227 e. The summed E-state index contributed by atoms with van der Waals surface area (Å²) in [6, 6.07) is 7.99. The number of amides is 2. The largest absolute Gasteiger partial charge is 0.355 e. The first-order valence-corrected chi connectivity index (χ1v) is 9.70. The monoisotopic (exact) mass is 359 g/mol. The van der Waals surface area contributed by atoms with E-state index in [0.29, 0.717) is 12.5 Å². The molecule has 5 nitrogen and oxygen atoms in total. The van der Waals surface area contributed by atoms with E-state index in [4.69, 9.17) is 0 Å². The Morgan fingerprint density at radius 2 is 1.62 bits per heavy atom. The molecule has 144 valence electrons. The van der Waals surface area contributed by atoms with Crippen molar-refractivity contribution in [3.8, 4) is 0 Å². The van der Waals surface area contributed by atoms with Gasteiger partial charge in [-0.1, -0.05) is 32.0 Å². The summed E-state index contributed by atoms with van der Waals surface area (Å²) in [6.07, 6.45) is 3.14. The van der Waals surface area contributed by atoms with Crippen LogP contribution >= 0.6 is 0 Å². The Morgan fingerprint density at radius 1 is 1.04 bits per heavy atom. The third kappa shape index (κ3) is 5.84. The van der Waals surface area contributed by atoms with E-state index in [2.05, 4.69) is 35.4 Å². The molecule has 2 amide bonds. The number of rotatable bonds is 7. The topological polar surface area (TPSA) is 61.4 Å². The van der Waals surface area contributed by atoms with Crippen molar-refractivity contribution in [2.75, 3.05) is 32.5 Å². The van der Waals surface area contributed by atoms with E-state index in [-0.39, 0.29) is 23.7 Å². The maximum atomic E-state index is 12.6. The summed E-state index contributed by atoms with van der Waals surface area (Å²) in [5.41, 5.74) is 2.07. The fraction of sp³-hybridized carbons (Fsp3) is 0.619. The number of likely N-dealkylation sites (N-methyl/N-ethyl adjacent to an activating group) is 1. The molecule has 2 rings (SSSR count). The highest BCUT2D eigenvalue weighted by atomic mass is 16.2. The summed E-state index contributed by atoms with van der Waals surface area (Å²) in [4.78, 5) is 26.9. The second-order valence-electron chi connectivity index (χ2n) is 7.87. The number of hydrogen-bond donors (Lipinski definition) is 2. The van der Waals surface area contributed by atoms with Gasteiger partial charge in [-0.05, 0) is 57.3 Å². The molecule has 0 spiro atoms. The molecular weight excluding hydrogens is 326 g/mol. The average Bonchev–Trinajstić information content (AvgIpc) is 2.61. The zero-order valence-corrected chi connectivity index (χ0v) is 16.5. The second kappa shape index (κ2) is 9.72.